The zero-order chi connectivity index (χ0) is 20.6. The van der Waals surface area contributed by atoms with E-state index in [1.807, 2.05) is 45.9 Å². The van der Waals surface area contributed by atoms with E-state index in [0.717, 1.165) is 11.3 Å². The lowest BCUT2D eigenvalue weighted by Crippen LogP contribution is -2.29. The fourth-order valence-corrected chi connectivity index (χ4v) is 3.79. The molecule has 4 nitrogen and oxygen atoms in total. The summed E-state index contributed by atoms with van der Waals surface area (Å²) in [7, 11) is 0. The van der Waals surface area contributed by atoms with Crippen molar-refractivity contribution in [1.82, 2.24) is 0 Å². The highest BCUT2D eigenvalue weighted by Gasteiger charge is 2.28. The van der Waals surface area contributed by atoms with Gasteiger partial charge in [-0.2, -0.15) is 0 Å². The molecule has 0 radical (unpaired) electrons. The quantitative estimate of drug-likeness (QED) is 0.524. The molecule has 0 aromatic heterocycles. The van der Waals surface area contributed by atoms with E-state index in [-0.39, 0.29) is 29.7 Å². The minimum absolute atomic E-state index is 0.0258. The summed E-state index contributed by atoms with van der Waals surface area (Å²) in [4.78, 5) is 24.4. The number of rotatable bonds is 9. The van der Waals surface area contributed by atoms with Gasteiger partial charge in [-0.25, -0.2) is 0 Å². The molecule has 1 aromatic rings. The Morgan fingerprint density at radius 2 is 1.63 bits per heavy atom. The van der Waals surface area contributed by atoms with Crippen molar-refractivity contribution >= 4 is 23.7 Å². The molecule has 0 amide bonds. The zero-order valence-corrected chi connectivity index (χ0v) is 18.5. The first-order valence-corrected chi connectivity index (χ1v) is 10.6. The van der Waals surface area contributed by atoms with Crippen LogP contribution in [-0.4, -0.2) is 29.4 Å². The Hall–Kier alpha value is -1.49. The molecule has 0 aliphatic rings. The second-order valence-electron chi connectivity index (χ2n) is 8.39. The summed E-state index contributed by atoms with van der Waals surface area (Å²) >= 11 is 1.80. The Balaban J connectivity index is 2.71. The minimum atomic E-state index is -0.556. The molecule has 0 fully saturated rings. The van der Waals surface area contributed by atoms with Crippen molar-refractivity contribution in [3.05, 3.63) is 35.9 Å². The van der Waals surface area contributed by atoms with Crippen LogP contribution in [0.25, 0.3) is 0 Å². The molecule has 0 spiro atoms. The van der Waals surface area contributed by atoms with Gasteiger partial charge >= 0.3 is 11.9 Å². The lowest BCUT2D eigenvalue weighted by molar-refractivity contribution is -0.163. The van der Waals surface area contributed by atoms with Crippen molar-refractivity contribution < 1.29 is 19.1 Å². The maximum atomic E-state index is 12.5. The fourth-order valence-electron chi connectivity index (χ4n) is 2.52. The van der Waals surface area contributed by atoms with Crippen molar-refractivity contribution in [1.29, 1.82) is 0 Å². The van der Waals surface area contributed by atoms with Gasteiger partial charge in [-0.1, -0.05) is 51.1 Å². The largest absolute Gasteiger partial charge is 0.461 e. The molecule has 0 heterocycles. The third-order valence-corrected chi connectivity index (χ3v) is 5.63. The second kappa shape index (κ2) is 10.7. The number of thioether (sulfide) groups is 1. The van der Waals surface area contributed by atoms with Gasteiger partial charge in [0.25, 0.3) is 0 Å². The number of carbonyl (C=O) groups is 2. The minimum Gasteiger partial charge on any atom is -0.461 e. The van der Waals surface area contributed by atoms with Crippen molar-refractivity contribution in [2.24, 2.45) is 11.8 Å². The smallest absolute Gasteiger partial charge is 0.309 e. The molecule has 5 heteroatoms. The van der Waals surface area contributed by atoms with Gasteiger partial charge in [0.2, 0.25) is 0 Å². The Kier molecular flexibility index (Phi) is 9.37. The Morgan fingerprint density at radius 3 is 2.15 bits per heavy atom. The molecule has 0 unspecified atom stereocenters. The summed E-state index contributed by atoms with van der Waals surface area (Å²) in [6.45, 7) is 13.4. The third kappa shape index (κ3) is 9.32. The van der Waals surface area contributed by atoms with Crippen molar-refractivity contribution in [2.75, 3.05) is 5.75 Å². The Bertz CT molecular complexity index is 592. The van der Waals surface area contributed by atoms with Crippen molar-refractivity contribution in [2.45, 2.75) is 71.8 Å². The average molecular weight is 395 g/mol. The molecule has 1 rings (SSSR count). The van der Waals surface area contributed by atoms with E-state index in [1.54, 1.807) is 18.7 Å². The standard InChI is InChI=1S/C22H34O4S/c1-15(2)14-27-20(18-11-9-8-10-12-18)17(4)25-21(24)16(3)13-19(23)26-22(5,6)7/h8-12,15-17,20H,13-14H2,1-7H3/t16-,17+,20+/m1/s1. The number of benzene rings is 1. The first kappa shape index (κ1) is 23.5. The summed E-state index contributed by atoms with van der Waals surface area (Å²) in [5.74, 6) is 0.256. The van der Waals surface area contributed by atoms with Crippen LogP contribution in [0.5, 0.6) is 0 Å². The summed E-state index contributed by atoms with van der Waals surface area (Å²) in [5, 5.41) is 0.0614. The Morgan fingerprint density at radius 1 is 1.04 bits per heavy atom. The van der Waals surface area contributed by atoms with Gasteiger partial charge in [0.05, 0.1) is 17.6 Å². The number of carbonyl (C=O) groups excluding carboxylic acids is 2. The molecule has 0 saturated heterocycles. The van der Waals surface area contributed by atoms with E-state index in [2.05, 4.69) is 26.0 Å². The van der Waals surface area contributed by atoms with Crippen molar-refractivity contribution in [3.8, 4) is 0 Å². The van der Waals surface area contributed by atoms with Crippen LogP contribution in [0.2, 0.25) is 0 Å². The van der Waals surface area contributed by atoms with E-state index < -0.39 is 11.5 Å². The maximum absolute atomic E-state index is 12.5. The molecule has 27 heavy (non-hydrogen) atoms. The van der Waals surface area contributed by atoms with Crippen LogP contribution in [-0.2, 0) is 19.1 Å². The van der Waals surface area contributed by atoms with Gasteiger partial charge in [-0.3, -0.25) is 9.59 Å². The predicted molar refractivity (Wildman–Crippen MR) is 112 cm³/mol. The lowest BCUT2D eigenvalue weighted by Gasteiger charge is -2.26. The Labute approximate surface area is 168 Å². The fraction of sp³-hybridized carbons (Fsp3) is 0.636. The normalized spacial score (nSPS) is 15.1. The highest BCUT2D eigenvalue weighted by atomic mass is 32.2. The SMILES string of the molecule is CC(C)CS[C@H](c1ccccc1)[C@H](C)OC(=O)[C@H](C)CC(=O)OC(C)(C)C. The molecular formula is C22H34O4S. The van der Waals surface area contributed by atoms with Crippen LogP contribution in [0.15, 0.2) is 30.3 Å². The summed E-state index contributed by atoms with van der Waals surface area (Å²) in [5.41, 5.74) is 0.586. The van der Waals surface area contributed by atoms with Gasteiger partial charge in [0.15, 0.2) is 0 Å². The number of esters is 2. The number of ether oxygens (including phenoxy) is 2. The van der Waals surface area contributed by atoms with Crippen LogP contribution in [0.4, 0.5) is 0 Å². The van der Waals surface area contributed by atoms with E-state index in [9.17, 15) is 9.59 Å². The first-order chi connectivity index (χ1) is 12.5. The summed E-state index contributed by atoms with van der Waals surface area (Å²) in [6, 6.07) is 10.1. The highest BCUT2D eigenvalue weighted by Crippen LogP contribution is 2.35. The molecule has 152 valence electrons. The molecule has 1 aromatic carbocycles. The monoisotopic (exact) mass is 394 g/mol. The topological polar surface area (TPSA) is 52.6 Å². The molecule has 0 N–H and O–H groups in total. The predicted octanol–water partition coefficient (Wildman–Crippen LogP) is 5.42. The van der Waals surface area contributed by atoms with Crippen LogP contribution in [0.1, 0.15) is 65.7 Å². The zero-order valence-electron chi connectivity index (χ0n) is 17.7. The second-order valence-corrected chi connectivity index (χ2v) is 9.57. The molecule has 0 saturated carbocycles. The highest BCUT2D eigenvalue weighted by molar-refractivity contribution is 7.99. The van der Waals surface area contributed by atoms with Crippen LogP contribution in [0.3, 0.4) is 0 Å². The van der Waals surface area contributed by atoms with E-state index >= 15 is 0 Å². The summed E-state index contributed by atoms with van der Waals surface area (Å²) in [6.07, 6.45) is -0.262. The van der Waals surface area contributed by atoms with E-state index in [0.29, 0.717) is 5.92 Å². The number of hydrogen-bond acceptors (Lipinski definition) is 5. The maximum Gasteiger partial charge on any atom is 0.309 e. The van der Waals surface area contributed by atoms with Crippen LogP contribution >= 0.6 is 11.8 Å². The lowest BCUT2D eigenvalue weighted by atomic mass is 10.1. The van der Waals surface area contributed by atoms with Gasteiger partial charge < -0.3 is 9.47 Å². The van der Waals surface area contributed by atoms with Crippen molar-refractivity contribution in [3.63, 3.8) is 0 Å². The van der Waals surface area contributed by atoms with E-state index in [1.165, 1.54) is 0 Å². The first-order valence-electron chi connectivity index (χ1n) is 9.58. The molecule has 3 atom stereocenters. The third-order valence-electron chi connectivity index (χ3n) is 3.76. The molecule has 0 aliphatic heterocycles. The number of hydrogen-bond donors (Lipinski definition) is 0. The molecule has 0 aliphatic carbocycles. The molecular weight excluding hydrogens is 360 g/mol. The average Bonchev–Trinajstić information content (AvgIpc) is 2.53. The van der Waals surface area contributed by atoms with Gasteiger partial charge in [-0.15, -0.1) is 11.8 Å². The van der Waals surface area contributed by atoms with Crippen LogP contribution in [0, 0.1) is 11.8 Å². The van der Waals surface area contributed by atoms with E-state index in [4.69, 9.17) is 9.47 Å². The van der Waals surface area contributed by atoms with Gasteiger partial charge in [0, 0.05) is 0 Å². The van der Waals surface area contributed by atoms with Gasteiger partial charge in [0.1, 0.15) is 11.7 Å². The van der Waals surface area contributed by atoms with Gasteiger partial charge in [-0.05, 0) is 44.9 Å². The molecule has 0 bridgehead atoms. The summed E-state index contributed by atoms with van der Waals surface area (Å²) < 4.78 is 11.0. The van der Waals surface area contributed by atoms with Crippen LogP contribution < -0.4 is 0 Å².